The first-order chi connectivity index (χ1) is 9.02. The van der Waals surface area contributed by atoms with Crippen molar-refractivity contribution in [1.82, 2.24) is 4.31 Å². The fourth-order valence-electron chi connectivity index (χ4n) is 1.47. The van der Waals surface area contributed by atoms with E-state index in [1.54, 1.807) is 19.4 Å². The summed E-state index contributed by atoms with van der Waals surface area (Å²) in [5, 5.41) is 0. The minimum Gasteiger partial charge on any atom is -0.755 e. The molecule has 0 saturated heterocycles. The highest BCUT2D eigenvalue weighted by Gasteiger charge is 2.01. The molecule has 0 heterocycles. The Hall–Kier alpha value is -1.33. The number of hydrogen-bond acceptors (Lipinski definition) is 3. The van der Waals surface area contributed by atoms with Gasteiger partial charge in [-0.1, -0.05) is 26.0 Å². The van der Waals surface area contributed by atoms with Crippen molar-refractivity contribution in [2.75, 3.05) is 13.7 Å². The monoisotopic (exact) mass is 282 g/mol. The number of benzene rings is 1. The Bertz CT molecular complexity index is 429. The van der Waals surface area contributed by atoms with Crippen LogP contribution < -0.4 is 4.74 Å². The van der Waals surface area contributed by atoms with E-state index < -0.39 is 11.3 Å². The molecule has 1 rings (SSSR count). The van der Waals surface area contributed by atoms with Gasteiger partial charge in [0.15, 0.2) is 0 Å². The van der Waals surface area contributed by atoms with Gasteiger partial charge >= 0.3 is 0 Å². The maximum atomic E-state index is 11.1. The van der Waals surface area contributed by atoms with Gasteiger partial charge in [-0.05, 0) is 36.1 Å². The molecular weight excluding hydrogens is 262 g/mol. The molecule has 1 atom stereocenters. The summed E-state index contributed by atoms with van der Waals surface area (Å²) in [5.74, 6) is 1.25. The highest BCUT2D eigenvalue weighted by atomic mass is 32.2. The Labute approximate surface area is 117 Å². The quantitative estimate of drug-likeness (QED) is 0.723. The van der Waals surface area contributed by atoms with Gasteiger partial charge in [-0.25, -0.2) is 0 Å². The molecule has 5 heteroatoms. The maximum absolute atomic E-state index is 11.1. The maximum Gasteiger partial charge on any atom is 0.118 e. The number of ether oxygens (including phenoxy) is 1. The standard InChI is InChI=1S/C14H21NO3S/c1-12(2)8-10-15(19(16)17)11-9-13-4-6-14(18-3)7-5-13/h4-7,9,11-12H,8,10H2,1-3H3,(H,16,17)/p-1. The van der Waals surface area contributed by atoms with Crippen LogP contribution in [0.25, 0.3) is 6.08 Å². The van der Waals surface area contributed by atoms with Crippen LogP contribution in [0.1, 0.15) is 25.8 Å². The number of hydrogen-bond donors (Lipinski definition) is 0. The van der Waals surface area contributed by atoms with Gasteiger partial charge in [0.25, 0.3) is 0 Å². The van der Waals surface area contributed by atoms with E-state index in [0.717, 1.165) is 17.7 Å². The van der Waals surface area contributed by atoms with Crippen molar-refractivity contribution in [3.8, 4) is 5.75 Å². The lowest BCUT2D eigenvalue weighted by Crippen LogP contribution is -2.21. The van der Waals surface area contributed by atoms with Gasteiger partial charge in [0, 0.05) is 24.0 Å². The normalized spacial score (nSPS) is 12.9. The van der Waals surface area contributed by atoms with Gasteiger partial charge in [0.2, 0.25) is 0 Å². The topological polar surface area (TPSA) is 52.6 Å². The summed E-state index contributed by atoms with van der Waals surface area (Å²) < 4.78 is 28.6. The third-order valence-electron chi connectivity index (χ3n) is 2.67. The second-order valence-electron chi connectivity index (χ2n) is 4.63. The van der Waals surface area contributed by atoms with E-state index >= 15 is 0 Å². The highest BCUT2D eigenvalue weighted by Crippen LogP contribution is 2.13. The Morgan fingerprint density at radius 2 is 2.00 bits per heavy atom. The van der Waals surface area contributed by atoms with Crippen LogP contribution in [-0.4, -0.2) is 26.7 Å². The van der Waals surface area contributed by atoms with Crippen molar-refractivity contribution in [2.24, 2.45) is 5.92 Å². The molecule has 0 fully saturated rings. The fourth-order valence-corrected chi connectivity index (χ4v) is 1.88. The van der Waals surface area contributed by atoms with Crippen molar-refractivity contribution in [1.29, 1.82) is 0 Å². The first-order valence-corrected chi connectivity index (χ1v) is 7.24. The zero-order valence-electron chi connectivity index (χ0n) is 11.5. The van der Waals surface area contributed by atoms with Crippen molar-refractivity contribution >= 4 is 17.3 Å². The average Bonchev–Trinajstić information content (AvgIpc) is 2.38. The summed E-state index contributed by atoms with van der Waals surface area (Å²) in [4.78, 5) is 0. The third kappa shape index (κ3) is 5.89. The molecule has 0 spiro atoms. The van der Waals surface area contributed by atoms with E-state index in [0.29, 0.717) is 12.5 Å². The highest BCUT2D eigenvalue weighted by molar-refractivity contribution is 7.76. The second kappa shape index (κ2) is 7.96. The van der Waals surface area contributed by atoms with Crippen LogP contribution in [-0.2, 0) is 11.3 Å². The number of methoxy groups -OCH3 is 1. The van der Waals surface area contributed by atoms with E-state index in [-0.39, 0.29) is 0 Å². The number of nitrogens with zero attached hydrogens (tertiary/aromatic N) is 1. The minimum atomic E-state index is -2.23. The molecular formula is C14H20NO3S-. The van der Waals surface area contributed by atoms with Crippen LogP contribution in [0.5, 0.6) is 5.75 Å². The van der Waals surface area contributed by atoms with Crippen LogP contribution >= 0.6 is 0 Å². The lowest BCUT2D eigenvalue weighted by molar-refractivity contribution is 0.414. The summed E-state index contributed by atoms with van der Waals surface area (Å²) >= 11 is -2.23. The van der Waals surface area contributed by atoms with Gasteiger partial charge < -0.3 is 13.6 Å². The largest absolute Gasteiger partial charge is 0.755 e. The molecule has 106 valence electrons. The molecule has 1 aromatic rings. The molecule has 0 N–H and O–H groups in total. The smallest absolute Gasteiger partial charge is 0.118 e. The zero-order chi connectivity index (χ0) is 14.3. The molecule has 0 saturated carbocycles. The van der Waals surface area contributed by atoms with E-state index in [2.05, 4.69) is 13.8 Å². The molecule has 0 aromatic heterocycles. The predicted molar refractivity (Wildman–Crippen MR) is 77.1 cm³/mol. The van der Waals surface area contributed by atoms with Gasteiger partial charge in [-0.2, -0.15) is 0 Å². The first kappa shape index (κ1) is 15.7. The Morgan fingerprint density at radius 3 is 2.47 bits per heavy atom. The first-order valence-electron chi connectivity index (χ1n) is 6.21. The van der Waals surface area contributed by atoms with Gasteiger partial charge in [-0.15, -0.1) is 0 Å². The van der Waals surface area contributed by atoms with Gasteiger partial charge in [0.05, 0.1) is 7.11 Å². The summed E-state index contributed by atoms with van der Waals surface area (Å²) in [6, 6.07) is 7.44. The van der Waals surface area contributed by atoms with Crippen LogP contribution in [0.2, 0.25) is 0 Å². The predicted octanol–water partition coefficient (Wildman–Crippen LogP) is 2.81. The molecule has 1 unspecified atom stereocenters. The van der Waals surface area contributed by atoms with E-state index in [1.165, 1.54) is 4.31 Å². The summed E-state index contributed by atoms with van der Waals surface area (Å²) in [6.07, 6.45) is 4.20. The van der Waals surface area contributed by atoms with Gasteiger partial charge in [0.1, 0.15) is 5.75 Å². The van der Waals surface area contributed by atoms with Crippen LogP contribution in [0.4, 0.5) is 0 Å². The molecule has 4 nitrogen and oxygen atoms in total. The van der Waals surface area contributed by atoms with E-state index in [1.807, 2.05) is 24.3 Å². The van der Waals surface area contributed by atoms with E-state index in [4.69, 9.17) is 4.74 Å². The number of rotatable bonds is 7. The Kier molecular flexibility index (Phi) is 6.59. The van der Waals surface area contributed by atoms with Crippen molar-refractivity contribution in [3.05, 3.63) is 36.0 Å². The SMILES string of the molecule is COc1ccc(C=CN(CCC(C)C)S(=O)[O-])cc1. The summed E-state index contributed by atoms with van der Waals surface area (Å²) in [5.41, 5.74) is 0.931. The van der Waals surface area contributed by atoms with Crippen LogP contribution in [0.15, 0.2) is 30.5 Å². The van der Waals surface area contributed by atoms with Crippen molar-refractivity contribution < 1.29 is 13.5 Å². The second-order valence-corrected chi connectivity index (χ2v) is 5.53. The molecule has 0 aliphatic rings. The van der Waals surface area contributed by atoms with Crippen LogP contribution in [0, 0.1) is 5.92 Å². The molecule has 0 aliphatic carbocycles. The summed E-state index contributed by atoms with van der Waals surface area (Å²) in [7, 11) is 1.61. The van der Waals surface area contributed by atoms with Crippen LogP contribution in [0.3, 0.4) is 0 Å². The lowest BCUT2D eigenvalue weighted by atomic mass is 10.1. The molecule has 0 radical (unpaired) electrons. The molecule has 0 bridgehead atoms. The molecule has 19 heavy (non-hydrogen) atoms. The molecule has 0 aliphatic heterocycles. The molecule has 1 aromatic carbocycles. The summed E-state index contributed by atoms with van der Waals surface area (Å²) in [6.45, 7) is 4.64. The zero-order valence-corrected chi connectivity index (χ0v) is 12.4. The van der Waals surface area contributed by atoms with E-state index in [9.17, 15) is 8.76 Å². The van der Waals surface area contributed by atoms with Gasteiger partial charge in [-0.3, -0.25) is 4.21 Å². The molecule has 0 amide bonds. The lowest BCUT2D eigenvalue weighted by Gasteiger charge is -2.23. The average molecular weight is 282 g/mol. The fraction of sp³-hybridized carbons (Fsp3) is 0.429. The van der Waals surface area contributed by atoms with Crippen molar-refractivity contribution in [3.63, 3.8) is 0 Å². The third-order valence-corrected chi connectivity index (χ3v) is 3.35. The Morgan fingerprint density at radius 1 is 1.37 bits per heavy atom. The van der Waals surface area contributed by atoms with Crippen molar-refractivity contribution in [2.45, 2.75) is 20.3 Å². The Balaban J connectivity index is 2.66. The minimum absolute atomic E-state index is 0.473.